The summed E-state index contributed by atoms with van der Waals surface area (Å²) in [5.74, 6) is 4.22. The van der Waals surface area contributed by atoms with E-state index in [1.165, 1.54) is 16.2 Å². The SMILES string of the molecule is CC1C(=O)NC(=O)CN1C(=O)c1sccc1C#CCCO. The quantitative estimate of drug-likeness (QED) is 0.593. The molecule has 1 unspecified atom stereocenters. The highest BCUT2D eigenvalue weighted by molar-refractivity contribution is 7.12. The molecule has 6 nitrogen and oxygen atoms in total. The Hall–Kier alpha value is -2.17. The molecule has 1 aliphatic heterocycles. The standard InChI is InChI=1S/C14H14N2O4S/c1-9-13(19)15-11(18)8-16(9)14(20)12-10(5-7-21-12)4-2-3-6-17/h5,7,9,17H,3,6,8H2,1H3,(H,15,18,19). The number of carbonyl (C=O) groups is 3. The maximum Gasteiger partial charge on any atom is 0.266 e. The van der Waals surface area contributed by atoms with Crippen LogP contribution in [0.5, 0.6) is 0 Å². The molecule has 0 saturated carbocycles. The lowest BCUT2D eigenvalue weighted by Crippen LogP contribution is -2.58. The molecule has 21 heavy (non-hydrogen) atoms. The summed E-state index contributed by atoms with van der Waals surface area (Å²) in [6.07, 6.45) is 0.324. The average Bonchev–Trinajstić information content (AvgIpc) is 2.91. The van der Waals surface area contributed by atoms with Crippen LogP contribution >= 0.6 is 11.3 Å². The number of thiophene rings is 1. The van der Waals surface area contributed by atoms with Crippen LogP contribution in [0.1, 0.15) is 28.6 Å². The van der Waals surface area contributed by atoms with Crippen molar-refractivity contribution in [1.82, 2.24) is 10.2 Å². The number of hydrogen-bond donors (Lipinski definition) is 2. The van der Waals surface area contributed by atoms with Gasteiger partial charge in [0, 0.05) is 12.0 Å². The van der Waals surface area contributed by atoms with E-state index in [0.717, 1.165) is 0 Å². The zero-order valence-corrected chi connectivity index (χ0v) is 12.2. The Morgan fingerprint density at radius 1 is 1.57 bits per heavy atom. The third-order valence-corrected chi connectivity index (χ3v) is 3.91. The predicted molar refractivity (Wildman–Crippen MR) is 76.5 cm³/mol. The minimum absolute atomic E-state index is 0.0434. The van der Waals surface area contributed by atoms with Crippen LogP contribution in [-0.2, 0) is 9.59 Å². The summed E-state index contributed by atoms with van der Waals surface area (Å²) in [6, 6.07) is 1.01. The molecule has 1 aliphatic rings. The maximum atomic E-state index is 12.5. The van der Waals surface area contributed by atoms with Crippen LogP contribution in [0.2, 0.25) is 0 Å². The predicted octanol–water partition coefficient (Wildman–Crippen LogP) is -0.0309. The van der Waals surface area contributed by atoms with Gasteiger partial charge in [-0.1, -0.05) is 11.8 Å². The van der Waals surface area contributed by atoms with Crippen molar-refractivity contribution in [3.63, 3.8) is 0 Å². The van der Waals surface area contributed by atoms with Gasteiger partial charge in [0.25, 0.3) is 5.91 Å². The molecule has 1 fully saturated rings. The van der Waals surface area contributed by atoms with Crippen molar-refractivity contribution >= 4 is 29.1 Å². The van der Waals surface area contributed by atoms with Crippen molar-refractivity contribution in [3.05, 3.63) is 21.9 Å². The Morgan fingerprint density at radius 2 is 2.33 bits per heavy atom. The lowest BCUT2D eigenvalue weighted by Gasteiger charge is -2.31. The van der Waals surface area contributed by atoms with Crippen LogP contribution in [-0.4, -0.2) is 46.9 Å². The van der Waals surface area contributed by atoms with Crippen LogP contribution in [0.15, 0.2) is 11.4 Å². The molecule has 1 aromatic heterocycles. The lowest BCUT2D eigenvalue weighted by molar-refractivity contribution is -0.138. The maximum absolute atomic E-state index is 12.5. The third-order valence-electron chi connectivity index (χ3n) is 3.00. The zero-order valence-electron chi connectivity index (χ0n) is 11.4. The molecule has 7 heteroatoms. The summed E-state index contributed by atoms with van der Waals surface area (Å²) in [7, 11) is 0. The zero-order chi connectivity index (χ0) is 15.4. The molecule has 0 aromatic carbocycles. The van der Waals surface area contributed by atoms with E-state index in [9.17, 15) is 14.4 Å². The largest absolute Gasteiger partial charge is 0.395 e. The third kappa shape index (κ3) is 3.29. The first-order valence-corrected chi connectivity index (χ1v) is 7.24. The van der Waals surface area contributed by atoms with E-state index in [1.807, 2.05) is 0 Å². The van der Waals surface area contributed by atoms with E-state index in [0.29, 0.717) is 16.9 Å². The van der Waals surface area contributed by atoms with Crippen LogP contribution in [0.3, 0.4) is 0 Å². The molecule has 1 aromatic rings. The first-order chi connectivity index (χ1) is 10.0. The van der Waals surface area contributed by atoms with E-state index in [1.54, 1.807) is 18.4 Å². The highest BCUT2D eigenvalue weighted by Gasteiger charge is 2.35. The summed E-state index contributed by atoms with van der Waals surface area (Å²) in [5.41, 5.74) is 0.545. The highest BCUT2D eigenvalue weighted by atomic mass is 32.1. The normalized spacial score (nSPS) is 18.0. The molecule has 0 radical (unpaired) electrons. The van der Waals surface area contributed by atoms with Gasteiger partial charge in [-0.15, -0.1) is 11.3 Å². The van der Waals surface area contributed by atoms with Gasteiger partial charge in [-0.2, -0.15) is 0 Å². The van der Waals surface area contributed by atoms with Gasteiger partial charge >= 0.3 is 0 Å². The number of aliphatic hydroxyl groups excluding tert-OH is 1. The number of hydrogen-bond acceptors (Lipinski definition) is 5. The van der Waals surface area contributed by atoms with Crippen molar-refractivity contribution in [1.29, 1.82) is 0 Å². The summed E-state index contributed by atoms with van der Waals surface area (Å²) < 4.78 is 0. The number of amides is 3. The fraction of sp³-hybridized carbons (Fsp3) is 0.357. The van der Waals surface area contributed by atoms with Gasteiger partial charge < -0.3 is 10.0 Å². The van der Waals surface area contributed by atoms with Gasteiger partial charge in [0.1, 0.15) is 17.5 Å². The molecule has 0 bridgehead atoms. The van der Waals surface area contributed by atoms with Crippen molar-refractivity contribution in [3.8, 4) is 11.8 Å². The van der Waals surface area contributed by atoms with E-state index < -0.39 is 17.9 Å². The number of aliphatic hydroxyl groups is 1. The molecule has 3 amide bonds. The molecular formula is C14H14N2O4S. The number of rotatable bonds is 2. The van der Waals surface area contributed by atoms with Crippen LogP contribution in [0, 0.1) is 11.8 Å². The second-order valence-corrected chi connectivity index (χ2v) is 5.38. The number of carbonyl (C=O) groups excluding carboxylic acids is 3. The molecule has 0 spiro atoms. The second kappa shape index (κ2) is 6.52. The van der Waals surface area contributed by atoms with Gasteiger partial charge in [-0.25, -0.2) is 0 Å². The van der Waals surface area contributed by atoms with Crippen LogP contribution < -0.4 is 5.32 Å². The van der Waals surface area contributed by atoms with Crippen molar-refractivity contribution in [2.24, 2.45) is 0 Å². The van der Waals surface area contributed by atoms with Crippen molar-refractivity contribution in [2.75, 3.05) is 13.2 Å². The summed E-state index contributed by atoms with van der Waals surface area (Å²) in [5, 5.41) is 12.6. The fourth-order valence-corrected chi connectivity index (χ4v) is 2.68. The van der Waals surface area contributed by atoms with Crippen molar-refractivity contribution in [2.45, 2.75) is 19.4 Å². The van der Waals surface area contributed by atoms with Crippen molar-refractivity contribution < 1.29 is 19.5 Å². The molecule has 2 heterocycles. The Morgan fingerprint density at radius 3 is 3.05 bits per heavy atom. The van der Waals surface area contributed by atoms with Gasteiger partial charge in [-0.05, 0) is 18.4 Å². The lowest BCUT2D eigenvalue weighted by atomic mass is 10.1. The molecule has 0 aliphatic carbocycles. The number of nitrogens with zero attached hydrogens (tertiary/aromatic N) is 1. The second-order valence-electron chi connectivity index (χ2n) is 4.46. The van der Waals surface area contributed by atoms with Crippen LogP contribution in [0.25, 0.3) is 0 Å². The van der Waals surface area contributed by atoms with Gasteiger partial charge in [-0.3, -0.25) is 19.7 Å². The molecule has 2 rings (SSSR count). The van der Waals surface area contributed by atoms with Crippen LogP contribution in [0.4, 0.5) is 0 Å². The smallest absolute Gasteiger partial charge is 0.266 e. The van der Waals surface area contributed by atoms with E-state index in [4.69, 9.17) is 5.11 Å². The van der Waals surface area contributed by atoms with Gasteiger partial charge in [0.05, 0.1) is 6.61 Å². The Balaban J connectivity index is 2.24. The molecule has 2 N–H and O–H groups in total. The molecular weight excluding hydrogens is 292 g/mol. The monoisotopic (exact) mass is 306 g/mol. The van der Waals surface area contributed by atoms with E-state index in [2.05, 4.69) is 17.2 Å². The average molecular weight is 306 g/mol. The molecule has 1 saturated heterocycles. The minimum Gasteiger partial charge on any atom is -0.395 e. The number of piperazine rings is 1. The first kappa shape index (κ1) is 15.2. The van der Waals surface area contributed by atoms with E-state index >= 15 is 0 Å². The fourth-order valence-electron chi connectivity index (χ4n) is 1.88. The molecule has 1 atom stereocenters. The first-order valence-electron chi connectivity index (χ1n) is 6.36. The summed E-state index contributed by atoms with van der Waals surface area (Å²) in [4.78, 5) is 37.2. The van der Waals surface area contributed by atoms with Gasteiger partial charge in [0.2, 0.25) is 11.8 Å². The summed E-state index contributed by atoms with van der Waals surface area (Å²) >= 11 is 1.21. The highest BCUT2D eigenvalue weighted by Crippen LogP contribution is 2.20. The number of nitrogens with one attached hydrogen (secondary N) is 1. The molecule has 110 valence electrons. The number of imide groups is 1. The Kier molecular flexibility index (Phi) is 4.73. The topological polar surface area (TPSA) is 86.7 Å². The minimum atomic E-state index is -0.699. The Bertz CT molecular complexity index is 641. The van der Waals surface area contributed by atoms with E-state index in [-0.39, 0.29) is 19.1 Å². The Labute approximate surface area is 125 Å². The summed E-state index contributed by atoms with van der Waals surface area (Å²) in [6.45, 7) is 1.38. The van der Waals surface area contributed by atoms with Gasteiger partial charge in [0.15, 0.2) is 0 Å².